The Morgan fingerprint density at radius 2 is 1.96 bits per heavy atom. The summed E-state index contributed by atoms with van der Waals surface area (Å²) >= 11 is 6.15. The van der Waals surface area contributed by atoms with Crippen LogP contribution in [0.25, 0.3) is 10.9 Å². The molecule has 3 aromatic rings. The maximum atomic E-state index is 6.15. The van der Waals surface area contributed by atoms with Crippen LogP contribution in [0.5, 0.6) is 0 Å². The van der Waals surface area contributed by atoms with Gasteiger partial charge in [-0.1, -0.05) is 41.9 Å². The number of rotatable bonds is 4. The number of nitrogens with zero attached hydrogens (tertiary/aromatic N) is 3. The van der Waals surface area contributed by atoms with Crippen molar-refractivity contribution < 1.29 is 0 Å². The summed E-state index contributed by atoms with van der Waals surface area (Å²) in [7, 11) is 0. The van der Waals surface area contributed by atoms with Crippen LogP contribution in [-0.4, -0.2) is 26.6 Å². The summed E-state index contributed by atoms with van der Waals surface area (Å²) in [6, 6.07) is 17.3. The molecule has 2 aliphatic heterocycles. The Hall–Kier alpha value is -2.17. The standard InChI is InChI=1S/C22H23ClN4/c23-17-8-9-19-20(13-17)24-15-25-21(19)26-22-11-4-7-18(10-12-22)27(22)14-16-5-2-1-3-6-16/h1-3,5-6,8-9,13,15,18H,4,7,10-12,14H2,(H,24,25,26). The molecule has 3 heterocycles. The van der Waals surface area contributed by atoms with Crippen molar-refractivity contribution in [2.75, 3.05) is 5.32 Å². The maximum absolute atomic E-state index is 6.15. The number of nitrogens with one attached hydrogen (secondary N) is 1. The second-order valence-corrected chi connectivity index (χ2v) is 8.17. The van der Waals surface area contributed by atoms with E-state index in [0.29, 0.717) is 11.1 Å². The fourth-order valence-electron chi connectivity index (χ4n) is 4.86. The molecule has 2 aliphatic rings. The zero-order chi connectivity index (χ0) is 18.3. The molecule has 138 valence electrons. The van der Waals surface area contributed by atoms with Gasteiger partial charge < -0.3 is 5.32 Å². The van der Waals surface area contributed by atoms with Gasteiger partial charge in [-0.05, 0) is 55.9 Å². The number of fused-ring (bicyclic) bond motifs is 3. The van der Waals surface area contributed by atoms with Gasteiger partial charge in [0, 0.05) is 23.0 Å². The van der Waals surface area contributed by atoms with E-state index in [4.69, 9.17) is 11.6 Å². The van der Waals surface area contributed by atoms with Crippen molar-refractivity contribution in [1.29, 1.82) is 0 Å². The van der Waals surface area contributed by atoms with Crippen LogP contribution in [0, 0.1) is 0 Å². The highest BCUT2D eigenvalue weighted by Crippen LogP contribution is 2.45. The molecule has 2 fully saturated rings. The Balaban J connectivity index is 1.50. The number of anilines is 1. The predicted molar refractivity (Wildman–Crippen MR) is 110 cm³/mol. The van der Waals surface area contributed by atoms with Crippen LogP contribution >= 0.6 is 11.6 Å². The van der Waals surface area contributed by atoms with E-state index in [0.717, 1.165) is 36.1 Å². The van der Waals surface area contributed by atoms with Crippen molar-refractivity contribution in [1.82, 2.24) is 14.9 Å². The number of benzene rings is 2. The summed E-state index contributed by atoms with van der Waals surface area (Å²) in [6.45, 7) is 0.980. The molecule has 0 spiro atoms. The van der Waals surface area contributed by atoms with Crippen LogP contribution in [0.15, 0.2) is 54.9 Å². The number of aromatic nitrogens is 2. The van der Waals surface area contributed by atoms with Gasteiger partial charge in [0.1, 0.15) is 12.1 Å². The SMILES string of the molecule is Clc1ccc2c(NC34CCCC(CC3)N4Cc3ccccc3)ncnc2c1. The molecule has 5 heteroatoms. The first-order chi connectivity index (χ1) is 13.2. The van der Waals surface area contributed by atoms with Gasteiger partial charge in [-0.15, -0.1) is 0 Å². The van der Waals surface area contributed by atoms with Crippen molar-refractivity contribution in [3.63, 3.8) is 0 Å². The highest BCUT2D eigenvalue weighted by molar-refractivity contribution is 6.31. The van der Waals surface area contributed by atoms with E-state index in [2.05, 4.69) is 50.5 Å². The minimum atomic E-state index is -0.0281. The van der Waals surface area contributed by atoms with Crippen LogP contribution in [0.2, 0.25) is 5.02 Å². The summed E-state index contributed by atoms with van der Waals surface area (Å²) in [5, 5.41) is 5.59. The van der Waals surface area contributed by atoms with Gasteiger partial charge in [-0.3, -0.25) is 4.90 Å². The van der Waals surface area contributed by atoms with Gasteiger partial charge in [0.2, 0.25) is 0 Å². The van der Waals surface area contributed by atoms with Gasteiger partial charge in [-0.2, -0.15) is 0 Å². The molecule has 2 saturated heterocycles. The highest BCUT2D eigenvalue weighted by Gasteiger charge is 2.48. The normalized spacial score (nSPS) is 25.0. The third-order valence-corrected chi connectivity index (χ3v) is 6.39. The minimum absolute atomic E-state index is 0.0281. The van der Waals surface area contributed by atoms with Gasteiger partial charge in [0.15, 0.2) is 0 Å². The zero-order valence-electron chi connectivity index (χ0n) is 15.2. The number of halogens is 1. The molecule has 0 radical (unpaired) electrons. The molecular formula is C22H23ClN4. The summed E-state index contributed by atoms with van der Waals surface area (Å²) in [4.78, 5) is 11.7. The molecule has 5 rings (SSSR count). The lowest BCUT2D eigenvalue weighted by Crippen LogP contribution is -2.54. The first-order valence-electron chi connectivity index (χ1n) is 9.73. The third kappa shape index (κ3) is 3.07. The summed E-state index contributed by atoms with van der Waals surface area (Å²) < 4.78 is 0. The van der Waals surface area contributed by atoms with Gasteiger partial charge in [-0.25, -0.2) is 9.97 Å². The molecule has 4 nitrogen and oxygen atoms in total. The van der Waals surface area contributed by atoms with Crippen LogP contribution < -0.4 is 5.32 Å². The lowest BCUT2D eigenvalue weighted by Gasteiger charge is -2.46. The van der Waals surface area contributed by atoms with Crippen molar-refractivity contribution in [3.05, 3.63) is 65.4 Å². The van der Waals surface area contributed by atoms with Gasteiger partial charge >= 0.3 is 0 Å². The van der Waals surface area contributed by atoms with Crippen LogP contribution in [0.1, 0.15) is 37.7 Å². The quantitative estimate of drug-likeness (QED) is 0.674. The molecule has 27 heavy (non-hydrogen) atoms. The molecule has 2 aromatic carbocycles. The van der Waals surface area contributed by atoms with Crippen molar-refractivity contribution in [3.8, 4) is 0 Å². The summed E-state index contributed by atoms with van der Waals surface area (Å²) in [5.41, 5.74) is 2.23. The molecule has 1 aromatic heterocycles. The minimum Gasteiger partial charge on any atom is -0.351 e. The van der Waals surface area contributed by atoms with Gasteiger partial charge in [0.25, 0.3) is 0 Å². The van der Waals surface area contributed by atoms with E-state index < -0.39 is 0 Å². The van der Waals surface area contributed by atoms with Crippen molar-refractivity contribution in [2.45, 2.75) is 50.4 Å². The number of piperidine rings is 1. The van der Waals surface area contributed by atoms with Gasteiger partial charge in [0.05, 0.1) is 11.2 Å². The van der Waals surface area contributed by atoms with E-state index in [1.807, 2.05) is 18.2 Å². The Kier molecular flexibility index (Phi) is 4.25. The molecule has 2 bridgehead atoms. The Morgan fingerprint density at radius 3 is 2.85 bits per heavy atom. The largest absolute Gasteiger partial charge is 0.351 e. The van der Waals surface area contributed by atoms with E-state index in [-0.39, 0.29) is 5.66 Å². The van der Waals surface area contributed by atoms with Crippen molar-refractivity contribution >= 4 is 28.3 Å². The molecule has 0 amide bonds. The highest BCUT2D eigenvalue weighted by atomic mass is 35.5. The second-order valence-electron chi connectivity index (χ2n) is 7.74. The summed E-state index contributed by atoms with van der Waals surface area (Å²) in [6.07, 6.45) is 7.73. The van der Waals surface area contributed by atoms with Crippen LogP contribution in [-0.2, 0) is 6.54 Å². The topological polar surface area (TPSA) is 41.0 Å². The fraction of sp³-hybridized carbons (Fsp3) is 0.364. The molecular weight excluding hydrogens is 356 g/mol. The maximum Gasteiger partial charge on any atom is 0.138 e. The monoisotopic (exact) mass is 378 g/mol. The number of hydrogen-bond acceptors (Lipinski definition) is 4. The first-order valence-corrected chi connectivity index (χ1v) is 10.1. The third-order valence-electron chi connectivity index (χ3n) is 6.15. The summed E-state index contributed by atoms with van der Waals surface area (Å²) in [5.74, 6) is 0.914. The molecule has 0 aliphatic carbocycles. The molecule has 0 saturated carbocycles. The van der Waals surface area contributed by atoms with E-state index in [9.17, 15) is 0 Å². The zero-order valence-corrected chi connectivity index (χ0v) is 16.0. The van der Waals surface area contributed by atoms with Crippen LogP contribution in [0.4, 0.5) is 5.82 Å². The lowest BCUT2D eigenvalue weighted by atomic mass is 9.95. The molecule has 2 unspecified atom stereocenters. The molecule has 1 N–H and O–H groups in total. The average Bonchev–Trinajstić information content (AvgIpc) is 2.87. The Labute approximate surface area is 164 Å². The Bertz CT molecular complexity index is 957. The predicted octanol–water partition coefficient (Wildman–Crippen LogP) is 5.24. The van der Waals surface area contributed by atoms with E-state index >= 15 is 0 Å². The first kappa shape index (κ1) is 17.0. The van der Waals surface area contributed by atoms with Crippen LogP contribution in [0.3, 0.4) is 0 Å². The lowest BCUT2D eigenvalue weighted by molar-refractivity contribution is 0.0659. The second kappa shape index (κ2) is 6.77. The van der Waals surface area contributed by atoms with E-state index in [1.54, 1.807) is 6.33 Å². The molecule has 2 atom stereocenters. The number of hydrogen-bond donors (Lipinski definition) is 1. The smallest absolute Gasteiger partial charge is 0.138 e. The Morgan fingerprint density at radius 1 is 1.07 bits per heavy atom. The average molecular weight is 379 g/mol. The van der Waals surface area contributed by atoms with E-state index in [1.165, 1.54) is 24.8 Å². The fourth-order valence-corrected chi connectivity index (χ4v) is 5.03. The van der Waals surface area contributed by atoms with Crippen molar-refractivity contribution in [2.24, 2.45) is 0 Å².